The molecule has 0 aliphatic rings. The van der Waals surface area contributed by atoms with Crippen LogP contribution < -0.4 is 4.89 Å². The summed E-state index contributed by atoms with van der Waals surface area (Å²) >= 11 is 0. The van der Waals surface area contributed by atoms with Crippen molar-refractivity contribution in [3.05, 3.63) is 24.3 Å². The molecule has 0 aromatic carbocycles. The van der Waals surface area contributed by atoms with Gasteiger partial charge >= 0.3 is 11.9 Å². The van der Waals surface area contributed by atoms with Crippen molar-refractivity contribution in [2.24, 2.45) is 0 Å². The van der Waals surface area contributed by atoms with Crippen LogP contribution >= 0.6 is 7.82 Å². The Hall–Kier alpha value is -1.51. The predicted molar refractivity (Wildman–Crippen MR) is 301 cm³/mol. The maximum absolute atomic E-state index is 12.7. The van der Waals surface area contributed by atoms with Crippen LogP contribution in [-0.2, 0) is 32.7 Å². The molecule has 0 aliphatic carbocycles. The third-order valence-corrected chi connectivity index (χ3v) is 14.7. The van der Waals surface area contributed by atoms with E-state index in [1.54, 1.807) is 0 Å². The van der Waals surface area contributed by atoms with E-state index in [0.29, 0.717) is 17.4 Å². The van der Waals surface area contributed by atoms with E-state index in [4.69, 9.17) is 18.5 Å². The zero-order valence-corrected chi connectivity index (χ0v) is 48.6. The molecule has 2 unspecified atom stereocenters. The van der Waals surface area contributed by atoms with Crippen molar-refractivity contribution in [2.75, 3.05) is 47.5 Å². The SMILES string of the molecule is CCC/C=C\C/C=C\CCCCCCCC(=O)OC(COC(=O)CCCCCCCCCCCCCCCCCCCCCCCCCCCCCCCCCCCC)COP(=O)([O-])OCC[N+](C)(C)C. The van der Waals surface area contributed by atoms with Crippen molar-refractivity contribution in [1.82, 2.24) is 0 Å². The minimum atomic E-state index is -4.63. The van der Waals surface area contributed by atoms with Crippen LogP contribution in [-0.4, -0.2) is 70.0 Å². The summed E-state index contributed by atoms with van der Waals surface area (Å²) in [6, 6.07) is 0. The van der Waals surface area contributed by atoms with Gasteiger partial charge in [-0.1, -0.05) is 276 Å². The van der Waals surface area contributed by atoms with E-state index in [9.17, 15) is 19.0 Å². The maximum Gasteiger partial charge on any atom is 0.306 e. The van der Waals surface area contributed by atoms with Gasteiger partial charge in [0.25, 0.3) is 7.82 Å². The lowest BCUT2D eigenvalue weighted by molar-refractivity contribution is -0.870. The number of likely N-dealkylation sites (N-methyl/N-ethyl adjacent to an activating group) is 1. The van der Waals surface area contributed by atoms with Gasteiger partial charge in [-0.15, -0.1) is 0 Å². The second kappa shape index (κ2) is 53.3. The second-order valence-corrected chi connectivity index (χ2v) is 23.5. The van der Waals surface area contributed by atoms with Crippen LogP contribution in [0.5, 0.6) is 0 Å². The predicted octanol–water partition coefficient (Wildman–Crippen LogP) is 18.4. The molecule has 0 aliphatic heterocycles. The van der Waals surface area contributed by atoms with E-state index in [1.807, 2.05) is 21.1 Å². The molecule has 0 aromatic rings. The molecule has 10 heteroatoms. The molecule has 0 spiro atoms. The fraction of sp³-hybridized carbons (Fsp3) is 0.902. The number of ether oxygens (including phenoxy) is 2. The van der Waals surface area contributed by atoms with Gasteiger partial charge < -0.3 is 27.9 Å². The molecule has 0 amide bonds. The molecule has 0 aromatic heterocycles. The summed E-state index contributed by atoms with van der Waals surface area (Å²) in [5.74, 6) is -0.837. The lowest BCUT2D eigenvalue weighted by Crippen LogP contribution is -2.37. The molecule has 2 atom stereocenters. The molecule has 0 radical (unpaired) electrons. The van der Waals surface area contributed by atoms with Gasteiger partial charge in [0.05, 0.1) is 27.7 Å². The standard InChI is InChI=1S/C61H118NO8P/c1-6-8-10-12-14-16-18-20-21-22-23-24-25-26-27-28-29-30-31-32-33-34-35-36-37-38-39-40-42-43-45-47-49-51-53-60(63)67-57-59(58-69-71(65,66)68-56-55-62(3,4)5)70-61(64)54-52-50-48-46-44-41-19-17-15-13-11-9-7-2/h11,13,17,19,59H,6-10,12,14-16,18,20-58H2,1-5H3/b13-11-,19-17-. The summed E-state index contributed by atoms with van der Waals surface area (Å²) in [5, 5.41) is 0. The average Bonchev–Trinajstić information content (AvgIpc) is 3.33. The van der Waals surface area contributed by atoms with Gasteiger partial charge in [0.2, 0.25) is 0 Å². The number of esters is 2. The van der Waals surface area contributed by atoms with Crippen LogP contribution in [0.2, 0.25) is 0 Å². The lowest BCUT2D eigenvalue weighted by Gasteiger charge is -2.28. The second-order valence-electron chi connectivity index (χ2n) is 22.1. The zero-order chi connectivity index (χ0) is 52.0. The Labute approximate surface area is 440 Å². The van der Waals surface area contributed by atoms with Gasteiger partial charge in [-0.2, -0.15) is 0 Å². The Bertz CT molecular complexity index is 1250. The summed E-state index contributed by atoms with van der Waals surface area (Å²) in [6.07, 6.45) is 64.1. The largest absolute Gasteiger partial charge is 0.756 e. The van der Waals surface area contributed by atoms with Crippen LogP contribution in [0, 0.1) is 0 Å². The first kappa shape index (κ1) is 69.5. The molecular weight excluding hydrogens is 906 g/mol. The summed E-state index contributed by atoms with van der Waals surface area (Å²) < 4.78 is 34.1. The van der Waals surface area contributed by atoms with Crippen molar-refractivity contribution in [3.8, 4) is 0 Å². The zero-order valence-electron chi connectivity index (χ0n) is 47.7. The van der Waals surface area contributed by atoms with Crippen molar-refractivity contribution in [1.29, 1.82) is 0 Å². The number of unbranched alkanes of at least 4 members (excludes halogenated alkanes) is 39. The number of phosphoric ester groups is 1. The summed E-state index contributed by atoms with van der Waals surface area (Å²) in [6.45, 7) is 4.20. The Kier molecular flexibility index (Phi) is 52.2. The van der Waals surface area contributed by atoms with Crippen LogP contribution in [0.15, 0.2) is 24.3 Å². The molecule has 0 fully saturated rings. The van der Waals surface area contributed by atoms with Gasteiger partial charge in [0, 0.05) is 12.8 Å². The van der Waals surface area contributed by atoms with Crippen LogP contribution in [0.1, 0.15) is 303 Å². The highest BCUT2D eigenvalue weighted by Crippen LogP contribution is 2.38. The molecule has 0 rings (SSSR count). The molecule has 0 heterocycles. The first-order chi connectivity index (χ1) is 34.5. The summed E-state index contributed by atoms with van der Waals surface area (Å²) in [5.41, 5.74) is 0. The fourth-order valence-electron chi connectivity index (χ4n) is 8.99. The molecule has 71 heavy (non-hydrogen) atoms. The minimum Gasteiger partial charge on any atom is -0.756 e. The molecule has 0 N–H and O–H groups in total. The number of phosphoric acid groups is 1. The van der Waals surface area contributed by atoms with Gasteiger partial charge in [-0.05, 0) is 38.5 Å². The summed E-state index contributed by atoms with van der Waals surface area (Å²) in [7, 11) is 1.17. The first-order valence-corrected chi connectivity index (χ1v) is 32.0. The van der Waals surface area contributed by atoms with Gasteiger partial charge in [-0.25, -0.2) is 0 Å². The van der Waals surface area contributed by atoms with Crippen LogP contribution in [0.25, 0.3) is 0 Å². The average molecular weight is 1020 g/mol. The number of hydrogen-bond acceptors (Lipinski definition) is 8. The Morgan fingerprint density at radius 1 is 0.437 bits per heavy atom. The Morgan fingerprint density at radius 2 is 0.789 bits per heavy atom. The number of carbonyl (C=O) groups excluding carboxylic acids is 2. The first-order valence-electron chi connectivity index (χ1n) is 30.5. The number of rotatable bonds is 57. The van der Waals surface area contributed by atoms with E-state index in [1.165, 1.54) is 205 Å². The van der Waals surface area contributed by atoms with Gasteiger partial charge in [0.15, 0.2) is 6.10 Å². The molecule has 420 valence electrons. The van der Waals surface area contributed by atoms with Crippen molar-refractivity contribution < 1.29 is 42.1 Å². The van der Waals surface area contributed by atoms with Crippen molar-refractivity contribution >= 4 is 19.8 Å². The third kappa shape index (κ3) is 57.6. The number of quaternary nitrogens is 1. The molecule has 0 saturated heterocycles. The van der Waals surface area contributed by atoms with E-state index >= 15 is 0 Å². The third-order valence-electron chi connectivity index (χ3n) is 13.7. The van der Waals surface area contributed by atoms with Crippen molar-refractivity contribution in [3.63, 3.8) is 0 Å². The van der Waals surface area contributed by atoms with Crippen LogP contribution in [0.4, 0.5) is 0 Å². The lowest BCUT2D eigenvalue weighted by atomic mass is 10.0. The monoisotopic (exact) mass is 1020 g/mol. The Morgan fingerprint density at radius 3 is 1.17 bits per heavy atom. The minimum absolute atomic E-state index is 0.0316. The highest BCUT2D eigenvalue weighted by Gasteiger charge is 2.22. The number of allylic oxidation sites excluding steroid dienone is 4. The number of carbonyl (C=O) groups is 2. The van der Waals surface area contributed by atoms with Gasteiger partial charge in [-0.3, -0.25) is 14.2 Å². The van der Waals surface area contributed by atoms with E-state index in [2.05, 4.69) is 38.2 Å². The Balaban J connectivity index is 3.90. The number of hydrogen-bond donors (Lipinski definition) is 0. The maximum atomic E-state index is 12.7. The highest BCUT2D eigenvalue weighted by molar-refractivity contribution is 7.45. The van der Waals surface area contributed by atoms with E-state index in [-0.39, 0.29) is 32.0 Å². The van der Waals surface area contributed by atoms with E-state index < -0.39 is 26.5 Å². The quantitative estimate of drug-likeness (QED) is 0.0195. The number of nitrogens with zero attached hydrogens (tertiary/aromatic N) is 1. The molecular formula is C61H118NO8P. The topological polar surface area (TPSA) is 111 Å². The van der Waals surface area contributed by atoms with Crippen molar-refractivity contribution in [2.45, 2.75) is 309 Å². The van der Waals surface area contributed by atoms with Gasteiger partial charge in [0.1, 0.15) is 19.8 Å². The molecule has 0 saturated carbocycles. The summed E-state index contributed by atoms with van der Waals surface area (Å²) in [4.78, 5) is 37.8. The van der Waals surface area contributed by atoms with Crippen LogP contribution in [0.3, 0.4) is 0 Å². The fourth-order valence-corrected chi connectivity index (χ4v) is 9.72. The normalized spacial score (nSPS) is 13.4. The van der Waals surface area contributed by atoms with E-state index in [0.717, 1.165) is 64.2 Å². The highest BCUT2D eigenvalue weighted by atomic mass is 31.2. The molecule has 9 nitrogen and oxygen atoms in total. The smallest absolute Gasteiger partial charge is 0.306 e. The molecule has 0 bridgehead atoms.